The Morgan fingerprint density at radius 1 is 0.727 bits per heavy atom. The third-order valence-electron chi connectivity index (χ3n) is 3.28. The minimum absolute atomic E-state index is 0.395. The Morgan fingerprint density at radius 3 is 1.45 bits per heavy atom. The van der Waals surface area contributed by atoms with Crippen molar-refractivity contribution in [1.82, 2.24) is 0 Å². The zero-order valence-corrected chi connectivity index (χ0v) is 11.8. The van der Waals surface area contributed by atoms with E-state index in [2.05, 4.69) is 0 Å². The summed E-state index contributed by atoms with van der Waals surface area (Å²) in [4.78, 5) is 23.9. The molecule has 0 radical (unpaired) electrons. The Balaban J connectivity index is 1.61. The lowest BCUT2D eigenvalue weighted by atomic mass is 10.1. The van der Waals surface area contributed by atoms with Crippen molar-refractivity contribution in [3.63, 3.8) is 0 Å². The summed E-state index contributed by atoms with van der Waals surface area (Å²) in [7, 11) is 0. The van der Waals surface area contributed by atoms with Crippen molar-refractivity contribution < 1.29 is 19.1 Å². The topological polar surface area (TPSA) is 52.6 Å². The SMILES string of the molecule is O=C(OC1=CC=CC1)c1ccc(C(=O)OC2=CC=CC2)cc1. The molecule has 2 aliphatic rings. The van der Waals surface area contributed by atoms with Gasteiger partial charge in [0.05, 0.1) is 11.1 Å². The van der Waals surface area contributed by atoms with Crippen LogP contribution >= 0.6 is 0 Å². The number of hydrogen-bond donors (Lipinski definition) is 0. The van der Waals surface area contributed by atoms with Crippen molar-refractivity contribution in [2.75, 3.05) is 0 Å². The number of allylic oxidation sites excluding steroid dienone is 6. The van der Waals surface area contributed by atoms with Gasteiger partial charge in [-0.15, -0.1) is 0 Å². The van der Waals surface area contributed by atoms with Crippen molar-refractivity contribution in [2.45, 2.75) is 12.8 Å². The van der Waals surface area contributed by atoms with Gasteiger partial charge in [-0.25, -0.2) is 9.59 Å². The molecule has 2 aliphatic carbocycles. The summed E-state index contributed by atoms with van der Waals surface area (Å²) in [5.41, 5.74) is 0.789. The van der Waals surface area contributed by atoms with E-state index in [1.54, 1.807) is 36.4 Å². The average Bonchev–Trinajstić information content (AvgIpc) is 3.21. The van der Waals surface area contributed by atoms with Crippen LogP contribution in [0.1, 0.15) is 33.6 Å². The van der Waals surface area contributed by atoms with Crippen LogP contribution in [0.2, 0.25) is 0 Å². The number of hydrogen-bond acceptors (Lipinski definition) is 4. The normalized spacial score (nSPS) is 15.5. The Labute approximate surface area is 128 Å². The lowest BCUT2D eigenvalue weighted by Gasteiger charge is -2.07. The van der Waals surface area contributed by atoms with Gasteiger partial charge < -0.3 is 9.47 Å². The largest absolute Gasteiger partial charge is 0.427 e. The molecule has 0 atom stereocenters. The summed E-state index contributed by atoms with van der Waals surface area (Å²) in [5.74, 6) is 0.374. The Morgan fingerprint density at radius 2 is 1.14 bits per heavy atom. The molecule has 4 nitrogen and oxygen atoms in total. The molecule has 1 aromatic rings. The van der Waals surface area contributed by atoms with Crippen molar-refractivity contribution in [3.05, 3.63) is 83.4 Å². The summed E-state index contributed by atoms with van der Waals surface area (Å²) >= 11 is 0. The monoisotopic (exact) mass is 294 g/mol. The molecule has 3 rings (SSSR count). The second kappa shape index (κ2) is 6.26. The van der Waals surface area contributed by atoms with Gasteiger partial charge >= 0.3 is 11.9 Å². The lowest BCUT2D eigenvalue weighted by Crippen LogP contribution is -2.07. The fourth-order valence-electron chi connectivity index (χ4n) is 2.10. The summed E-state index contributed by atoms with van der Waals surface area (Å²) < 4.78 is 10.5. The average molecular weight is 294 g/mol. The molecular weight excluding hydrogens is 280 g/mol. The molecule has 0 bridgehead atoms. The van der Waals surface area contributed by atoms with E-state index < -0.39 is 11.9 Å². The zero-order valence-electron chi connectivity index (χ0n) is 11.8. The molecule has 22 heavy (non-hydrogen) atoms. The lowest BCUT2D eigenvalue weighted by molar-refractivity contribution is 0.0606. The summed E-state index contributed by atoms with van der Waals surface area (Å²) in [6.45, 7) is 0. The molecule has 0 aromatic heterocycles. The van der Waals surface area contributed by atoms with E-state index in [4.69, 9.17) is 9.47 Å². The van der Waals surface area contributed by atoms with Crippen LogP contribution in [-0.4, -0.2) is 11.9 Å². The fraction of sp³-hybridized carbons (Fsp3) is 0.111. The van der Waals surface area contributed by atoms with Gasteiger partial charge in [-0.3, -0.25) is 0 Å². The molecule has 0 spiro atoms. The van der Waals surface area contributed by atoms with Gasteiger partial charge in [0.2, 0.25) is 0 Å². The highest BCUT2D eigenvalue weighted by Gasteiger charge is 2.14. The van der Waals surface area contributed by atoms with E-state index in [-0.39, 0.29) is 0 Å². The highest BCUT2D eigenvalue weighted by atomic mass is 16.5. The molecule has 0 N–H and O–H groups in total. The van der Waals surface area contributed by atoms with E-state index >= 15 is 0 Å². The predicted octanol–water partition coefficient (Wildman–Crippen LogP) is 3.69. The van der Waals surface area contributed by atoms with Crippen LogP contribution in [0.15, 0.2) is 72.2 Å². The highest BCUT2D eigenvalue weighted by molar-refractivity contribution is 5.94. The van der Waals surface area contributed by atoms with E-state index in [1.165, 1.54) is 0 Å². The van der Waals surface area contributed by atoms with Crippen LogP contribution in [0.5, 0.6) is 0 Å². The number of carbonyl (C=O) groups excluding carboxylic acids is 2. The van der Waals surface area contributed by atoms with Crippen LogP contribution in [0.3, 0.4) is 0 Å². The maximum absolute atomic E-state index is 11.9. The number of esters is 2. The van der Waals surface area contributed by atoms with Gasteiger partial charge in [-0.1, -0.05) is 24.3 Å². The number of rotatable bonds is 4. The van der Waals surface area contributed by atoms with Crippen molar-refractivity contribution >= 4 is 11.9 Å². The van der Waals surface area contributed by atoms with Gasteiger partial charge in [0.1, 0.15) is 11.5 Å². The zero-order chi connectivity index (χ0) is 15.4. The molecule has 0 saturated heterocycles. The first-order chi connectivity index (χ1) is 10.7. The molecular formula is C18H14O4. The third-order valence-corrected chi connectivity index (χ3v) is 3.28. The molecule has 0 fully saturated rings. The first-order valence-corrected chi connectivity index (χ1v) is 6.98. The van der Waals surface area contributed by atoms with Crippen LogP contribution in [-0.2, 0) is 9.47 Å². The van der Waals surface area contributed by atoms with Crippen LogP contribution in [0.4, 0.5) is 0 Å². The first kappa shape index (κ1) is 14.1. The molecule has 110 valence electrons. The van der Waals surface area contributed by atoms with E-state index in [0.717, 1.165) is 0 Å². The minimum atomic E-state index is -0.433. The molecule has 1 aromatic carbocycles. The second-order valence-corrected chi connectivity index (χ2v) is 4.89. The molecule has 4 heteroatoms. The van der Waals surface area contributed by atoms with Gasteiger partial charge in [0.15, 0.2) is 0 Å². The third kappa shape index (κ3) is 3.23. The van der Waals surface area contributed by atoms with Crippen LogP contribution in [0.25, 0.3) is 0 Å². The Hall–Kier alpha value is -2.88. The summed E-state index contributed by atoms with van der Waals surface area (Å²) in [6.07, 6.45) is 12.3. The number of ether oxygens (including phenoxy) is 2. The van der Waals surface area contributed by atoms with E-state index in [1.807, 2.05) is 24.3 Å². The van der Waals surface area contributed by atoms with Gasteiger partial charge in [0, 0.05) is 12.8 Å². The van der Waals surface area contributed by atoms with Crippen LogP contribution < -0.4 is 0 Å². The van der Waals surface area contributed by atoms with Gasteiger partial charge in [-0.05, 0) is 36.4 Å². The smallest absolute Gasteiger partial charge is 0.343 e. The fourth-order valence-corrected chi connectivity index (χ4v) is 2.10. The number of benzene rings is 1. The van der Waals surface area contributed by atoms with Gasteiger partial charge in [0.25, 0.3) is 0 Å². The van der Waals surface area contributed by atoms with Crippen molar-refractivity contribution in [3.8, 4) is 0 Å². The molecule has 0 unspecified atom stereocenters. The van der Waals surface area contributed by atoms with E-state index in [0.29, 0.717) is 35.5 Å². The molecule has 0 aliphatic heterocycles. The predicted molar refractivity (Wildman–Crippen MR) is 81.0 cm³/mol. The maximum Gasteiger partial charge on any atom is 0.343 e. The highest BCUT2D eigenvalue weighted by Crippen LogP contribution is 2.17. The Bertz CT molecular complexity index is 655. The minimum Gasteiger partial charge on any atom is -0.427 e. The second-order valence-electron chi connectivity index (χ2n) is 4.89. The van der Waals surface area contributed by atoms with Crippen molar-refractivity contribution in [1.29, 1.82) is 0 Å². The maximum atomic E-state index is 11.9. The Kier molecular flexibility index (Phi) is 4.01. The van der Waals surface area contributed by atoms with Gasteiger partial charge in [-0.2, -0.15) is 0 Å². The molecule has 0 amide bonds. The molecule has 0 saturated carbocycles. The quantitative estimate of drug-likeness (QED) is 0.795. The molecule has 0 heterocycles. The number of carbonyl (C=O) groups is 2. The van der Waals surface area contributed by atoms with Crippen molar-refractivity contribution in [2.24, 2.45) is 0 Å². The van der Waals surface area contributed by atoms with Crippen LogP contribution in [0, 0.1) is 0 Å². The summed E-state index contributed by atoms with van der Waals surface area (Å²) in [5, 5.41) is 0. The van der Waals surface area contributed by atoms with E-state index in [9.17, 15) is 9.59 Å². The summed E-state index contributed by atoms with van der Waals surface area (Å²) in [6, 6.07) is 6.23. The standard InChI is InChI=1S/C18H14O4/c19-17(21-15-5-1-2-6-15)13-9-11-14(12-10-13)18(20)22-16-7-3-4-8-16/h1-5,7,9-12H,6,8H2. The first-order valence-electron chi connectivity index (χ1n) is 6.98.